The molecule has 1 aliphatic rings. The fraction of sp³-hybridized carbons (Fsp3) is 0.929. The molecule has 106 valence electrons. The lowest BCUT2D eigenvalue weighted by Crippen LogP contribution is -2.39. The van der Waals surface area contributed by atoms with Gasteiger partial charge < -0.3 is 10.6 Å². The normalized spacial score (nSPS) is 21.6. The lowest BCUT2D eigenvalue weighted by atomic mass is 10.1. The fourth-order valence-corrected chi connectivity index (χ4v) is 2.83. The minimum absolute atomic E-state index is 0.0370. The molecular formula is C14H29N3O. The van der Waals surface area contributed by atoms with E-state index in [4.69, 9.17) is 5.73 Å². The van der Waals surface area contributed by atoms with Gasteiger partial charge in [0.05, 0.1) is 0 Å². The first kappa shape index (κ1) is 15.4. The predicted octanol–water partition coefficient (Wildman–Crippen LogP) is 1.45. The van der Waals surface area contributed by atoms with Crippen molar-refractivity contribution in [2.75, 3.05) is 26.2 Å². The van der Waals surface area contributed by atoms with Crippen molar-refractivity contribution in [2.24, 2.45) is 5.73 Å². The first-order valence-electron chi connectivity index (χ1n) is 7.39. The van der Waals surface area contributed by atoms with Crippen molar-refractivity contribution < 1.29 is 4.79 Å². The van der Waals surface area contributed by atoms with Crippen molar-refractivity contribution in [3.05, 3.63) is 0 Å². The van der Waals surface area contributed by atoms with Gasteiger partial charge in [-0.15, -0.1) is 0 Å². The van der Waals surface area contributed by atoms with Crippen molar-refractivity contribution in [1.82, 2.24) is 9.80 Å². The molecule has 18 heavy (non-hydrogen) atoms. The molecule has 0 aliphatic carbocycles. The first-order valence-corrected chi connectivity index (χ1v) is 7.39. The van der Waals surface area contributed by atoms with Gasteiger partial charge in [-0.25, -0.2) is 0 Å². The van der Waals surface area contributed by atoms with E-state index in [-0.39, 0.29) is 11.9 Å². The van der Waals surface area contributed by atoms with E-state index in [0.717, 1.165) is 45.4 Å². The van der Waals surface area contributed by atoms with E-state index in [2.05, 4.69) is 25.7 Å². The standard InChI is InChI=1S/C14H29N3O/c1-4-7-12(15)10-14(18)17-9-8-13(11-17)16(5-2)6-3/h12-13H,4-11,15H2,1-3H3. The van der Waals surface area contributed by atoms with Crippen molar-refractivity contribution in [3.8, 4) is 0 Å². The molecular weight excluding hydrogens is 226 g/mol. The third kappa shape index (κ3) is 4.25. The van der Waals surface area contributed by atoms with Crippen LogP contribution in [0, 0.1) is 0 Å². The number of rotatable bonds is 7. The van der Waals surface area contributed by atoms with E-state index in [1.807, 2.05) is 4.90 Å². The SMILES string of the molecule is CCCC(N)CC(=O)N1CCC(N(CC)CC)C1. The molecule has 1 rings (SSSR count). The van der Waals surface area contributed by atoms with Crippen LogP contribution in [0.25, 0.3) is 0 Å². The van der Waals surface area contributed by atoms with E-state index >= 15 is 0 Å². The summed E-state index contributed by atoms with van der Waals surface area (Å²) >= 11 is 0. The van der Waals surface area contributed by atoms with Crippen molar-refractivity contribution >= 4 is 5.91 Å². The maximum atomic E-state index is 12.1. The van der Waals surface area contributed by atoms with Crippen LogP contribution in [0.3, 0.4) is 0 Å². The molecule has 0 aromatic heterocycles. The maximum Gasteiger partial charge on any atom is 0.224 e. The van der Waals surface area contributed by atoms with Gasteiger partial charge in [0.25, 0.3) is 0 Å². The average molecular weight is 255 g/mol. The van der Waals surface area contributed by atoms with E-state index in [1.54, 1.807) is 0 Å². The molecule has 1 amide bonds. The van der Waals surface area contributed by atoms with Crippen LogP contribution >= 0.6 is 0 Å². The largest absolute Gasteiger partial charge is 0.341 e. The molecule has 0 aromatic carbocycles. The molecule has 1 fully saturated rings. The fourth-order valence-electron chi connectivity index (χ4n) is 2.83. The molecule has 2 atom stereocenters. The number of likely N-dealkylation sites (tertiary alicyclic amines) is 1. The Kier molecular flexibility index (Phi) is 6.65. The minimum Gasteiger partial charge on any atom is -0.341 e. The molecule has 1 saturated heterocycles. The minimum atomic E-state index is 0.0370. The van der Waals surface area contributed by atoms with E-state index in [0.29, 0.717) is 12.5 Å². The highest BCUT2D eigenvalue weighted by Gasteiger charge is 2.29. The lowest BCUT2D eigenvalue weighted by molar-refractivity contribution is -0.130. The summed E-state index contributed by atoms with van der Waals surface area (Å²) in [6, 6.07) is 0.585. The number of likely N-dealkylation sites (N-methyl/N-ethyl adjacent to an activating group) is 1. The summed E-state index contributed by atoms with van der Waals surface area (Å²) in [4.78, 5) is 16.5. The molecule has 0 spiro atoms. The highest BCUT2D eigenvalue weighted by molar-refractivity contribution is 5.77. The van der Waals surface area contributed by atoms with Crippen LogP contribution < -0.4 is 5.73 Å². The lowest BCUT2D eigenvalue weighted by Gasteiger charge is -2.26. The van der Waals surface area contributed by atoms with Gasteiger partial charge in [-0.2, -0.15) is 0 Å². The van der Waals surface area contributed by atoms with Gasteiger partial charge in [-0.1, -0.05) is 27.2 Å². The second kappa shape index (κ2) is 7.74. The van der Waals surface area contributed by atoms with E-state index < -0.39 is 0 Å². The van der Waals surface area contributed by atoms with Crippen molar-refractivity contribution in [3.63, 3.8) is 0 Å². The van der Waals surface area contributed by atoms with Gasteiger partial charge in [0.2, 0.25) is 5.91 Å². The van der Waals surface area contributed by atoms with E-state index in [9.17, 15) is 4.79 Å². The molecule has 4 nitrogen and oxygen atoms in total. The summed E-state index contributed by atoms with van der Waals surface area (Å²) in [5.41, 5.74) is 5.94. The highest BCUT2D eigenvalue weighted by Crippen LogP contribution is 2.17. The summed E-state index contributed by atoms with van der Waals surface area (Å²) in [6.45, 7) is 10.4. The summed E-state index contributed by atoms with van der Waals surface area (Å²) in [5.74, 6) is 0.241. The van der Waals surface area contributed by atoms with Gasteiger partial charge in [0, 0.05) is 31.6 Å². The molecule has 0 aromatic rings. The third-order valence-electron chi connectivity index (χ3n) is 3.94. The zero-order valence-corrected chi connectivity index (χ0v) is 12.2. The Morgan fingerprint density at radius 2 is 2.06 bits per heavy atom. The zero-order valence-electron chi connectivity index (χ0n) is 12.2. The molecule has 2 N–H and O–H groups in total. The second-order valence-electron chi connectivity index (χ2n) is 5.26. The average Bonchev–Trinajstić information content (AvgIpc) is 2.80. The van der Waals surface area contributed by atoms with Crippen LogP contribution in [-0.4, -0.2) is 54.0 Å². The Bertz CT molecular complexity index is 253. The number of hydrogen-bond donors (Lipinski definition) is 1. The van der Waals surface area contributed by atoms with Crippen LogP contribution in [0.15, 0.2) is 0 Å². The molecule has 0 saturated carbocycles. The smallest absolute Gasteiger partial charge is 0.224 e. The Morgan fingerprint density at radius 3 is 2.61 bits per heavy atom. The Balaban J connectivity index is 2.38. The highest BCUT2D eigenvalue weighted by atomic mass is 16.2. The quantitative estimate of drug-likeness (QED) is 0.749. The molecule has 0 radical (unpaired) electrons. The van der Waals surface area contributed by atoms with Crippen LogP contribution in [0.5, 0.6) is 0 Å². The Morgan fingerprint density at radius 1 is 1.39 bits per heavy atom. The van der Waals surface area contributed by atoms with Crippen molar-refractivity contribution in [1.29, 1.82) is 0 Å². The van der Waals surface area contributed by atoms with Crippen LogP contribution in [-0.2, 0) is 4.79 Å². The van der Waals surface area contributed by atoms with Gasteiger partial charge in [0.15, 0.2) is 0 Å². The van der Waals surface area contributed by atoms with E-state index in [1.165, 1.54) is 0 Å². The molecule has 1 aliphatic heterocycles. The topological polar surface area (TPSA) is 49.6 Å². The number of carbonyl (C=O) groups excluding carboxylic acids is 1. The number of carbonyl (C=O) groups is 1. The van der Waals surface area contributed by atoms with Crippen LogP contribution in [0.4, 0.5) is 0 Å². The Labute approximate surface area is 111 Å². The van der Waals surface area contributed by atoms with Gasteiger partial charge in [0.1, 0.15) is 0 Å². The number of nitrogens with zero attached hydrogens (tertiary/aromatic N) is 2. The summed E-state index contributed by atoms with van der Waals surface area (Å²) in [7, 11) is 0. The first-order chi connectivity index (χ1) is 8.62. The summed E-state index contributed by atoms with van der Waals surface area (Å²) in [5, 5.41) is 0. The summed E-state index contributed by atoms with van der Waals surface area (Å²) in [6.07, 6.45) is 3.62. The third-order valence-corrected chi connectivity index (χ3v) is 3.94. The van der Waals surface area contributed by atoms with Gasteiger partial charge >= 0.3 is 0 Å². The van der Waals surface area contributed by atoms with Crippen LogP contribution in [0.2, 0.25) is 0 Å². The second-order valence-corrected chi connectivity index (χ2v) is 5.26. The van der Waals surface area contributed by atoms with Crippen molar-refractivity contribution in [2.45, 2.75) is 58.5 Å². The molecule has 4 heteroatoms. The number of nitrogens with two attached hydrogens (primary N) is 1. The summed E-state index contributed by atoms with van der Waals surface area (Å²) < 4.78 is 0. The molecule has 0 bridgehead atoms. The number of amides is 1. The predicted molar refractivity (Wildman–Crippen MR) is 75.4 cm³/mol. The van der Waals surface area contributed by atoms with Gasteiger partial charge in [-0.05, 0) is 25.9 Å². The van der Waals surface area contributed by atoms with Gasteiger partial charge in [-0.3, -0.25) is 9.69 Å². The molecule has 2 unspecified atom stereocenters. The molecule has 1 heterocycles. The zero-order chi connectivity index (χ0) is 13.5. The monoisotopic (exact) mass is 255 g/mol. The number of hydrogen-bond acceptors (Lipinski definition) is 3. The Hall–Kier alpha value is -0.610. The van der Waals surface area contributed by atoms with Crippen LogP contribution in [0.1, 0.15) is 46.5 Å². The maximum absolute atomic E-state index is 12.1.